The Balaban J connectivity index is 1.80. The topological polar surface area (TPSA) is 117 Å². The van der Waals surface area contributed by atoms with Crippen LogP contribution in [-0.2, 0) is 16.0 Å². The number of nitrogens with one attached hydrogen (secondary N) is 2. The van der Waals surface area contributed by atoms with Crippen LogP contribution < -0.4 is 20.5 Å². The zero-order valence-corrected chi connectivity index (χ0v) is 19.7. The molecule has 0 bridgehead atoms. The van der Waals surface area contributed by atoms with Crippen LogP contribution in [0.25, 0.3) is 10.9 Å². The molecule has 0 spiro atoms. The highest BCUT2D eigenvalue weighted by Crippen LogP contribution is 2.36. The Hall–Kier alpha value is -3.68. The average Bonchev–Trinajstić information content (AvgIpc) is 2.83. The number of H-pyrrole nitrogens is 1. The van der Waals surface area contributed by atoms with Gasteiger partial charge in [0.2, 0.25) is 5.88 Å². The van der Waals surface area contributed by atoms with Crippen molar-refractivity contribution in [1.29, 1.82) is 0 Å². The van der Waals surface area contributed by atoms with Crippen molar-refractivity contribution in [2.75, 3.05) is 41.9 Å². The normalized spacial score (nSPS) is 16.5. The first-order valence-electron chi connectivity index (χ1n) is 10.6. The minimum Gasteiger partial charge on any atom is -0.480 e. The van der Waals surface area contributed by atoms with Gasteiger partial charge >= 0.3 is 6.18 Å². The van der Waals surface area contributed by atoms with E-state index < -0.39 is 39.0 Å². The largest absolute Gasteiger partial charge is 0.480 e. The third kappa shape index (κ3) is 4.85. The van der Waals surface area contributed by atoms with Gasteiger partial charge in [-0.1, -0.05) is 18.2 Å². The SMILES string of the molecule is C=C[C@@H](Nc1n[nH]c(=O)c2nc(OC)c(N3CCS(=O)(=O)CC3)cc12)c1cccc(C(F)(F)F)c1F. The number of alkyl halides is 3. The van der Waals surface area contributed by atoms with Crippen molar-refractivity contribution in [3.63, 3.8) is 0 Å². The lowest BCUT2D eigenvalue weighted by Gasteiger charge is -2.29. The summed E-state index contributed by atoms with van der Waals surface area (Å²) in [5.41, 5.74) is -2.12. The number of rotatable bonds is 6. The molecule has 1 atom stereocenters. The Morgan fingerprint density at radius 2 is 1.97 bits per heavy atom. The molecule has 2 N–H and O–H groups in total. The Labute approximate surface area is 202 Å². The smallest absolute Gasteiger partial charge is 0.419 e. The molecule has 9 nitrogen and oxygen atoms in total. The van der Waals surface area contributed by atoms with E-state index in [1.807, 2.05) is 0 Å². The maximum atomic E-state index is 14.8. The number of fused-ring (bicyclic) bond motifs is 1. The molecule has 1 aromatic carbocycles. The number of methoxy groups -OCH3 is 1. The number of hydrogen-bond acceptors (Lipinski definition) is 8. The quantitative estimate of drug-likeness (QED) is 0.371. The molecule has 1 fully saturated rings. The second-order valence-electron chi connectivity index (χ2n) is 8.02. The molecular weight excluding hydrogens is 506 g/mol. The molecule has 1 saturated heterocycles. The first kappa shape index (κ1) is 25.4. The summed E-state index contributed by atoms with van der Waals surface area (Å²) in [7, 11) is -1.83. The number of aromatic nitrogens is 3. The Kier molecular flexibility index (Phi) is 6.64. The minimum absolute atomic E-state index is 0.00709. The number of aromatic amines is 1. The van der Waals surface area contributed by atoms with Gasteiger partial charge in [-0.15, -0.1) is 6.58 Å². The fourth-order valence-electron chi connectivity index (χ4n) is 3.92. The van der Waals surface area contributed by atoms with Crippen molar-refractivity contribution in [1.82, 2.24) is 15.2 Å². The summed E-state index contributed by atoms with van der Waals surface area (Å²) >= 11 is 0. The van der Waals surface area contributed by atoms with Gasteiger partial charge in [-0.25, -0.2) is 22.9 Å². The summed E-state index contributed by atoms with van der Waals surface area (Å²) < 4.78 is 83.4. The maximum absolute atomic E-state index is 14.8. The van der Waals surface area contributed by atoms with Crippen molar-refractivity contribution >= 4 is 32.2 Å². The van der Waals surface area contributed by atoms with Gasteiger partial charge in [-0.05, 0) is 12.1 Å². The van der Waals surface area contributed by atoms with Crippen LogP contribution in [0.3, 0.4) is 0 Å². The zero-order valence-electron chi connectivity index (χ0n) is 18.9. The third-order valence-corrected chi connectivity index (χ3v) is 7.39. The number of nitrogens with zero attached hydrogens (tertiary/aromatic N) is 3. The van der Waals surface area contributed by atoms with E-state index in [0.29, 0.717) is 11.8 Å². The molecule has 1 aliphatic heterocycles. The van der Waals surface area contributed by atoms with Crippen LogP contribution in [0.2, 0.25) is 0 Å². The highest BCUT2D eigenvalue weighted by Gasteiger charge is 2.35. The monoisotopic (exact) mass is 527 g/mol. The van der Waals surface area contributed by atoms with E-state index >= 15 is 0 Å². The summed E-state index contributed by atoms with van der Waals surface area (Å²) in [6, 6.07) is 3.26. The lowest BCUT2D eigenvalue weighted by Crippen LogP contribution is -2.40. The zero-order chi connectivity index (χ0) is 26.3. The molecule has 14 heteroatoms. The number of hydrogen-bond donors (Lipinski definition) is 2. The summed E-state index contributed by atoms with van der Waals surface area (Å²) in [5.74, 6) is -1.56. The van der Waals surface area contributed by atoms with Crippen molar-refractivity contribution in [3.05, 3.63) is 64.2 Å². The average molecular weight is 528 g/mol. The highest BCUT2D eigenvalue weighted by atomic mass is 32.2. The summed E-state index contributed by atoms with van der Waals surface area (Å²) in [6.07, 6.45) is -3.70. The molecule has 0 amide bonds. The first-order chi connectivity index (χ1) is 16.9. The molecule has 2 aromatic heterocycles. The molecule has 1 aliphatic rings. The molecule has 0 aliphatic carbocycles. The number of pyridine rings is 1. The molecule has 3 aromatic rings. The van der Waals surface area contributed by atoms with Crippen molar-refractivity contribution < 1.29 is 30.7 Å². The number of sulfone groups is 1. The summed E-state index contributed by atoms with van der Waals surface area (Å²) in [4.78, 5) is 18.4. The predicted molar refractivity (Wildman–Crippen MR) is 126 cm³/mol. The first-order valence-corrected chi connectivity index (χ1v) is 12.4. The Morgan fingerprint density at radius 1 is 1.28 bits per heavy atom. The summed E-state index contributed by atoms with van der Waals surface area (Å²) in [5, 5.41) is 9.18. The number of halogens is 4. The number of ether oxygens (including phenoxy) is 1. The van der Waals surface area contributed by atoms with E-state index in [1.54, 1.807) is 4.90 Å². The predicted octanol–water partition coefficient (Wildman–Crippen LogP) is 3.06. The fraction of sp³-hybridized carbons (Fsp3) is 0.318. The van der Waals surface area contributed by atoms with Gasteiger partial charge in [0.15, 0.2) is 15.7 Å². The third-order valence-electron chi connectivity index (χ3n) is 5.78. The molecule has 192 valence electrons. The lowest BCUT2D eigenvalue weighted by molar-refractivity contribution is -0.140. The van der Waals surface area contributed by atoms with Crippen molar-refractivity contribution in [2.24, 2.45) is 0 Å². The van der Waals surface area contributed by atoms with Crippen LogP contribution in [0, 0.1) is 5.82 Å². The molecule has 36 heavy (non-hydrogen) atoms. The van der Waals surface area contributed by atoms with Crippen molar-refractivity contribution in [2.45, 2.75) is 12.2 Å². The molecule has 0 radical (unpaired) electrons. The maximum Gasteiger partial charge on any atom is 0.419 e. The standard InChI is InChI=1S/C22H21F4N5O4S/c1-3-15(12-5-4-6-14(17(12)23)22(24,25)26)27-19-13-11-16(31-7-9-36(33,34)10-8-31)21(35-2)28-18(13)20(32)30-29-19/h3-6,11,15H,1,7-10H2,2H3,(H,27,29)(H,30,32)/t15-/m1/s1. The van der Waals surface area contributed by atoms with Gasteiger partial charge in [-0.3, -0.25) is 4.79 Å². The van der Waals surface area contributed by atoms with Gasteiger partial charge in [0.25, 0.3) is 5.56 Å². The van der Waals surface area contributed by atoms with Crippen LogP contribution >= 0.6 is 0 Å². The van der Waals surface area contributed by atoms with E-state index in [2.05, 4.69) is 27.1 Å². The van der Waals surface area contributed by atoms with Crippen molar-refractivity contribution in [3.8, 4) is 5.88 Å². The molecule has 3 heterocycles. The van der Waals surface area contributed by atoms with Gasteiger partial charge in [0.1, 0.15) is 17.0 Å². The van der Waals surface area contributed by atoms with Crippen LogP contribution in [0.5, 0.6) is 5.88 Å². The molecular formula is C22H21F4N5O4S. The van der Waals surface area contributed by atoms with Gasteiger partial charge in [0, 0.05) is 18.7 Å². The molecule has 0 unspecified atom stereocenters. The van der Waals surface area contributed by atoms with Crippen LogP contribution in [0.4, 0.5) is 29.1 Å². The van der Waals surface area contributed by atoms with E-state index in [0.717, 1.165) is 6.07 Å². The number of benzene rings is 1. The van der Waals surface area contributed by atoms with Gasteiger partial charge < -0.3 is 15.0 Å². The van der Waals surface area contributed by atoms with Gasteiger partial charge in [0.05, 0.1) is 35.6 Å². The van der Waals surface area contributed by atoms with Crippen LogP contribution in [-0.4, -0.2) is 55.3 Å². The van der Waals surface area contributed by atoms with E-state index in [-0.39, 0.29) is 52.8 Å². The second kappa shape index (κ2) is 9.41. The fourth-order valence-corrected chi connectivity index (χ4v) is 5.12. The molecule has 0 saturated carbocycles. The van der Waals surface area contributed by atoms with Crippen LogP contribution in [0.1, 0.15) is 17.2 Å². The Morgan fingerprint density at radius 3 is 2.58 bits per heavy atom. The lowest BCUT2D eigenvalue weighted by atomic mass is 10.0. The molecule has 4 rings (SSSR count). The Bertz CT molecular complexity index is 1480. The summed E-state index contributed by atoms with van der Waals surface area (Å²) in [6.45, 7) is 3.91. The number of anilines is 2. The van der Waals surface area contributed by atoms with E-state index in [4.69, 9.17) is 4.74 Å². The minimum atomic E-state index is -4.90. The van der Waals surface area contributed by atoms with E-state index in [1.165, 1.54) is 25.3 Å². The van der Waals surface area contributed by atoms with E-state index in [9.17, 15) is 30.8 Å². The highest BCUT2D eigenvalue weighted by molar-refractivity contribution is 7.91. The second-order valence-corrected chi connectivity index (χ2v) is 10.3. The van der Waals surface area contributed by atoms with Crippen LogP contribution in [0.15, 0.2) is 41.7 Å². The van der Waals surface area contributed by atoms with Gasteiger partial charge in [-0.2, -0.15) is 18.3 Å².